The van der Waals surface area contributed by atoms with Crippen molar-refractivity contribution in [1.29, 1.82) is 0 Å². The Balaban J connectivity index is 1.43. The molecule has 174 valence electrons. The summed E-state index contributed by atoms with van der Waals surface area (Å²) in [5.74, 6) is 2.59. The van der Waals surface area contributed by atoms with Crippen molar-refractivity contribution in [2.24, 2.45) is 10.9 Å². The number of guanidine groups is 1. The summed E-state index contributed by atoms with van der Waals surface area (Å²) in [5, 5.41) is 7.02. The Morgan fingerprint density at radius 2 is 1.97 bits per heavy atom. The average molecular weight is 431 g/mol. The van der Waals surface area contributed by atoms with Crippen molar-refractivity contribution in [2.75, 3.05) is 52.5 Å². The first kappa shape index (κ1) is 23.9. The minimum absolute atomic E-state index is 0.0655. The number of nitrogens with one attached hydrogen (secondary N) is 2. The molecule has 6 heteroatoms. The average Bonchev–Trinajstić information content (AvgIpc) is 3.25. The van der Waals surface area contributed by atoms with Crippen LogP contribution in [-0.2, 0) is 10.2 Å². The molecule has 2 aliphatic heterocycles. The Kier molecular flexibility index (Phi) is 9.02. The number of benzene rings is 1. The molecule has 0 spiro atoms. The molecule has 3 rings (SSSR count). The van der Waals surface area contributed by atoms with Crippen molar-refractivity contribution in [1.82, 2.24) is 15.5 Å². The molecule has 1 unspecified atom stereocenters. The van der Waals surface area contributed by atoms with Gasteiger partial charge in [0.2, 0.25) is 0 Å². The topological polar surface area (TPSA) is 58.1 Å². The van der Waals surface area contributed by atoms with E-state index < -0.39 is 0 Å². The van der Waals surface area contributed by atoms with Crippen LogP contribution in [0.2, 0.25) is 0 Å². The van der Waals surface area contributed by atoms with Gasteiger partial charge in [-0.1, -0.05) is 39.0 Å². The van der Waals surface area contributed by atoms with Crippen molar-refractivity contribution in [3.05, 3.63) is 29.8 Å². The fraction of sp³-hybridized carbons (Fsp3) is 0.720. The fourth-order valence-electron chi connectivity index (χ4n) is 4.39. The summed E-state index contributed by atoms with van der Waals surface area (Å²) in [6, 6.07) is 8.80. The maximum absolute atomic E-state index is 6.08. The minimum Gasteiger partial charge on any atom is -0.491 e. The first-order chi connectivity index (χ1) is 15.0. The summed E-state index contributed by atoms with van der Waals surface area (Å²) in [7, 11) is 0. The Hall–Kier alpha value is -1.79. The van der Waals surface area contributed by atoms with Crippen molar-refractivity contribution in [3.8, 4) is 5.75 Å². The third-order valence-corrected chi connectivity index (χ3v) is 6.13. The molecule has 2 fully saturated rings. The first-order valence-electron chi connectivity index (χ1n) is 12.0. The van der Waals surface area contributed by atoms with Crippen molar-refractivity contribution < 1.29 is 9.47 Å². The molecule has 1 aromatic rings. The minimum atomic E-state index is 0.0655. The molecule has 2 aliphatic rings. The van der Waals surface area contributed by atoms with Crippen LogP contribution < -0.4 is 15.4 Å². The summed E-state index contributed by atoms with van der Waals surface area (Å²) in [6.07, 6.45) is 3.54. The molecule has 0 saturated carbocycles. The zero-order valence-corrected chi connectivity index (χ0v) is 20.0. The highest BCUT2D eigenvalue weighted by atomic mass is 16.5. The highest BCUT2D eigenvalue weighted by molar-refractivity contribution is 5.80. The maximum atomic E-state index is 6.08. The van der Waals surface area contributed by atoms with E-state index in [4.69, 9.17) is 14.5 Å². The van der Waals surface area contributed by atoms with Gasteiger partial charge < -0.3 is 25.0 Å². The van der Waals surface area contributed by atoms with Gasteiger partial charge in [0.15, 0.2) is 5.96 Å². The Morgan fingerprint density at radius 1 is 1.19 bits per heavy atom. The number of piperidine rings is 1. The van der Waals surface area contributed by atoms with Crippen LogP contribution in [0.15, 0.2) is 29.3 Å². The molecule has 0 bridgehead atoms. The van der Waals surface area contributed by atoms with Crippen molar-refractivity contribution in [2.45, 2.75) is 58.4 Å². The standard InChI is InChI=1S/C25H42N4O2/c1-5-26-24(27-13-17-31-23-9-7-6-8-22(23)25(2,3)4)28-21-10-14-29(15-11-21)18-20-12-16-30-19-20/h6-9,20-21H,5,10-19H2,1-4H3,(H2,26,27,28). The summed E-state index contributed by atoms with van der Waals surface area (Å²) < 4.78 is 11.6. The lowest BCUT2D eigenvalue weighted by molar-refractivity contribution is 0.150. The van der Waals surface area contributed by atoms with E-state index in [0.717, 1.165) is 63.3 Å². The zero-order valence-electron chi connectivity index (χ0n) is 20.0. The SMILES string of the molecule is CCNC(=NCCOc1ccccc1C(C)(C)C)NC1CCN(CC2CCOC2)CC1. The van der Waals surface area contributed by atoms with Crippen LogP contribution in [0.25, 0.3) is 0 Å². The van der Waals surface area contributed by atoms with Crippen LogP contribution in [-0.4, -0.2) is 69.4 Å². The third-order valence-electron chi connectivity index (χ3n) is 6.13. The number of hydrogen-bond donors (Lipinski definition) is 2. The van der Waals surface area contributed by atoms with E-state index in [1.165, 1.54) is 18.5 Å². The second kappa shape index (κ2) is 11.7. The Labute approximate surface area is 188 Å². The van der Waals surface area contributed by atoms with Gasteiger partial charge in [-0.2, -0.15) is 0 Å². The first-order valence-corrected chi connectivity index (χ1v) is 12.0. The van der Waals surface area contributed by atoms with Crippen LogP contribution in [0.3, 0.4) is 0 Å². The molecule has 2 heterocycles. The molecular weight excluding hydrogens is 388 g/mol. The number of aliphatic imine (C=N–C) groups is 1. The van der Waals surface area contributed by atoms with E-state index in [0.29, 0.717) is 19.2 Å². The molecule has 0 aromatic heterocycles. The smallest absolute Gasteiger partial charge is 0.191 e. The van der Waals surface area contributed by atoms with E-state index >= 15 is 0 Å². The highest BCUT2D eigenvalue weighted by Crippen LogP contribution is 2.30. The largest absolute Gasteiger partial charge is 0.491 e. The molecule has 0 radical (unpaired) electrons. The van der Waals surface area contributed by atoms with Gasteiger partial charge in [-0.25, -0.2) is 4.99 Å². The van der Waals surface area contributed by atoms with Crippen molar-refractivity contribution >= 4 is 5.96 Å². The molecule has 2 saturated heterocycles. The number of nitrogens with zero attached hydrogens (tertiary/aromatic N) is 2. The summed E-state index contributed by atoms with van der Waals surface area (Å²) >= 11 is 0. The predicted octanol–water partition coefficient (Wildman–Crippen LogP) is 3.42. The van der Waals surface area contributed by atoms with Gasteiger partial charge in [-0.05, 0) is 49.1 Å². The quantitative estimate of drug-likeness (QED) is 0.376. The van der Waals surface area contributed by atoms with Gasteiger partial charge in [-0.15, -0.1) is 0 Å². The molecule has 0 aliphatic carbocycles. The molecule has 1 atom stereocenters. The maximum Gasteiger partial charge on any atom is 0.191 e. The summed E-state index contributed by atoms with van der Waals surface area (Å²) in [6.45, 7) is 16.2. The van der Waals surface area contributed by atoms with Gasteiger partial charge in [0.25, 0.3) is 0 Å². The molecule has 31 heavy (non-hydrogen) atoms. The number of likely N-dealkylation sites (tertiary alicyclic amines) is 1. The van der Waals surface area contributed by atoms with E-state index in [-0.39, 0.29) is 5.41 Å². The zero-order chi connectivity index (χ0) is 22.1. The van der Waals surface area contributed by atoms with Crippen LogP contribution >= 0.6 is 0 Å². The van der Waals surface area contributed by atoms with Crippen LogP contribution in [0, 0.1) is 5.92 Å². The second-order valence-corrected chi connectivity index (χ2v) is 9.80. The van der Waals surface area contributed by atoms with E-state index in [9.17, 15) is 0 Å². The van der Waals surface area contributed by atoms with Crippen LogP contribution in [0.4, 0.5) is 0 Å². The highest BCUT2D eigenvalue weighted by Gasteiger charge is 2.24. The molecule has 0 amide bonds. The van der Waals surface area contributed by atoms with Crippen molar-refractivity contribution in [3.63, 3.8) is 0 Å². The van der Waals surface area contributed by atoms with Gasteiger partial charge in [-0.3, -0.25) is 0 Å². The van der Waals surface area contributed by atoms with Gasteiger partial charge in [0.05, 0.1) is 13.2 Å². The third kappa shape index (κ3) is 7.69. The Bertz CT molecular complexity index is 687. The molecule has 6 nitrogen and oxygen atoms in total. The lowest BCUT2D eigenvalue weighted by Gasteiger charge is -2.34. The fourth-order valence-corrected chi connectivity index (χ4v) is 4.39. The van der Waals surface area contributed by atoms with E-state index in [1.54, 1.807) is 0 Å². The predicted molar refractivity (Wildman–Crippen MR) is 128 cm³/mol. The lowest BCUT2D eigenvalue weighted by Crippen LogP contribution is -2.49. The van der Waals surface area contributed by atoms with E-state index in [1.807, 2.05) is 6.07 Å². The van der Waals surface area contributed by atoms with Gasteiger partial charge in [0.1, 0.15) is 12.4 Å². The summed E-state index contributed by atoms with van der Waals surface area (Å²) in [4.78, 5) is 7.36. The molecule has 2 N–H and O–H groups in total. The second-order valence-electron chi connectivity index (χ2n) is 9.80. The van der Waals surface area contributed by atoms with Crippen LogP contribution in [0.5, 0.6) is 5.75 Å². The number of rotatable bonds is 8. The molecule has 1 aromatic carbocycles. The van der Waals surface area contributed by atoms with Crippen LogP contribution in [0.1, 0.15) is 52.5 Å². The number of para-hydroxylation sites is 1. The molecular formula is C25H42N4O2. The Morgan fingerprint density at radius 3 is 2.65 bits per heavy atom. The summed E-state index contributed by atoms with van der Waals surface area (Å²) in [5.41, 5.74) is 1.30. The monoisotopic (exact) mass is 430 g/mol. The van der Waals surface area contributed by atoms with Gasteiger partial charge >= 0.3 is 0 Å². The van der Waals surface area contributed by atoms with Gasteiger partial charge in [0, 0.05) is 38.8 Å². The normalized spacial score (nSPS) is 21.3. The number of ether oxygens (including phenoxy) is 2. The lowest BCUT2D eigenvalue weighted by atomic mass is 9.86. The number of hydrogen-bond acceptors (Lipinski definition) is 4. The van der Waals surface area contributed by atoms with E-state index in [2.05, 4.69) is 61.4 Å².